The van der Waals surface area contributed by atoms with Gasteiger partial charge in [0.25, 0.3) is 0 Å². The first-order valence-electron chi connectivity index (χ1n) is 9.29. The molecule has 8 nitrogen and oxygen atoms in total. The minimum atomic E-state index is -3.56. The maximum absolute atomic E-state index is 12.9. The summed E-state index contributed by atoms with van der Waals surface area (Å²) < 4.78 is 27.2. The SMILES string of the molecule is CC(=O)c1ccc(C(N)=O)c(-c2n[nH]c3c2CN(S(=O)(=O)Cc2ccccc2)C3)c1. The monoisotopic (exact) mass is 424 g/mol. The van der Waals surface area contributed by atoms with E-state index in [0.29, 0.717) is 33.6 Å². The number of carbonyl (C=O) groups is 2. The van der Waals surface area contributed by atoms with E-state index in [0.717, 1.165) is 0 Å². The minimum Gasteiger partial charge on any atom is -0.366 e. The fourth-order valence-electron chi connectivity index (χ4n) is 3.58. The summed E-state index contributed by atoms with van der Waals surface area (Å²) in [6.45, 7) is 1.71. The van der Waals surface area contributed by atoms with Gasteiger partial charge in [-0.25, -0.2) is 8.42 Å². The lowest BCUT2D eigenvalue weighted by atomic mass is 9.97. The lowest BCUT2D eigenvalue weighted by molar-refractivity contribution is 0.0994. The molecule has 2 heterocycles. The van der Waals surface area contributed by atoms with Crippen molar-refractivity contribution in [2.45, 2.75) is 25.8 Å². The van der Waals surface area contributed by atoms with Gasteiger partial charge in [-0.1, -0.05) is 36.4 Å². The number of nitrogens with zero attached hydrogens (tertiary/aromatic N) is 2. The number of hydrogen-bond donors (Lipinski definition) is 2. The van der Waals surface area contributed by atoms with E-state index in [2.05, 4.69) is 10.2 Å². The predicted octanol–water partition coefficient (Wildman–Crippen LogP) is 2.22. The van der Waals surface area contributed by atoms with Crippen LogP contribution in [-0.2, 0) is 28.9 Å². The number of nitrogens with one attached hydrogen (secondary N) is 1. The van der Waals surface area contributed by atoms with Gasteiger partial charge in [-0.3, -0.25) is 14.7 Å². The molecule has 154 valence electrons. The number of benzene rings is 2. The highest BCUT2D eigenvalue weighted by Gasteiger charge is 2.34. The third-order valence-corrected chi connectivity index (χ3v) is 6.90. The number of sulfonamides is 1. The number of primary amides is 1. The zero-order valence-corrected chi connectivity index (χ0v) is 17.1. The van der Waals surface area contributed by atoms with Crippen LogP contribution in [0.15, 0.2) is 48.5 Å². The molecule has 1 amide bonds. The van der Waals surface area contributed by atoms with E-state index in [1.54, 1.807) is 30.3 Å². The third-order valence-electron chi connectivity index (χ3n) is 5.15. The molecule has 1 aliphatic heterocycles. The number of ketones is 1. The number of hydrogen-bond acceptors (Lipinski definition) is 5. The summed E-state index contributed by atoms with van der Waals surface area (Å²) in [4.78, 5) is 23.7. The number of nitrogens with two attached hydrogens (primary N) is 1. The largest absolute Gasteiger partial charge is 0.366 e. The average molecular weight is 424 g/mol. The number of H-pyrrole nitrogens is 1. The van der Waals surface area contributed by atoms with Crippen LogP contribution in [0.1, 0.15) is 44.5 Å². The van der Waals surface area contributed by atoms with E-state index >= 15 is 0 Å². The van der Waals surface area contributed by atoms with Gasteiger partial charge in [0.1, 0.15) is 0 Å². The van der Waals surface area contributed by atoms with Crippen LogP contribution in [-0.4, -0.2) is 34.6 Å². The Balaban J connectivity index is 1.68. The first kappa shape index (κ1) is 20.0. The van der Waals surface area contributed by atoms with Crippen molar-refractivity contribution in [3.8, 4) is 11.3 Å². The Kier molecular flexibility index (Phi) is 5.00. The van der Waals surface area contributed by atoms with Gasteiger partial charge in [0.15, 0.2) is 5.78 Å². The van der Waals surface area contributed by atoms with Crippen molar-refractivity contribution >= 4 is 21.7 Å². The molecule has 0 unspecified atom stereocenters. The molecule has 1 aromatic heterocycles. The Morgan fingerprint density at radius 2 is 1.87 bits per heavy atom. The summed E-state index contributed by atoms with van der Waals surface area (Å²) in [5.41, 5.74) is 9.02. The molecule has 0 atom stereocenters. The minimum absolute atomic E-state index is 0.104. The summed E-state index contributed by atoms with van der Waals surface area (Å²) in [6.07, 6.45) is 0. The molecule has 0 spiro atoms. The maximum atomic E-state index is 12.9. The second-order valence-electron chi connectivity index (χ2n) is 7.22. The summed E-state index contributed by atoms with van der Waals surface area (Å²) in [7, 11) is -3.56. The molecule has 30 heavy (non-hydrogen) atoms. The van der Waals surface area contributed by atoms with E-state index in [4.69, 9.17) is 5.73 Å². The molecular formula is C21H20N4O4S. The number of rotatable bonds is 6. The van der Waals surface area contributed by atoms with Crippen molar-refractivity contribution in [2.24, 2.45) is 5.73 Å². The molecule has 2 aromatic carbocycles. The van der Waals surface area contributed by atoms with Crippen LogP contribution in [0.3, 0.4) is 0 Å². The predicted molar refractivity (Wildman–Crippen MR) is 111 cm³/mol. The molecule has 0 radical (unpaired) electrons. The molecule has 1 aliphatic rings. The first-order valence-corrected chi connectivity index (χ1v) is 10.9. The van der Waals surface area contributed by atoms with Crippen molar-refractivity contribution in [1.29, 1.82) is 0 Å². The maximum Gasteiger partial charge on any atom is 0.249 e. The molecule has 0 saturated carbocycles. The molecule has 3 aromatic rings. The molecule has 4 rings (SSSR count). The second kappa shape index (κ2) is 7.51. The summed E-state index contributed by atoms with van der Waals surface area (Å²) >= 11 is 0. The van der Waals surface area contributed by atoms with Gasteiger partial charge in [0.05, 0.1) is 23.7 Å². The fourth-order valence-corrected chi connectivity index (χ4v) is 5.03. The second-order valence-corrected chi connectivity index (χ2v) is 9.19. The van der Waals surface area contributed by atoms with Crippen LogP contribution in [0.25, 0.3) is 11.3 Å². The topological polar surface area (TPSA) is 126 Å². The average Bonchev–Trinajstić information content (AvgIpc) is 3.29. The fraction of sp³-hybridized carbons (Fsp3) is 0.190. The highest BCUT2D eigenvalue weighted by atomic mass is 32.2. The van der Waals surface area contributed by atoms with Gasteiger partial charge in [-0.2, -0.15) is 9.40 Å². The van der Waals surface area contributed by atoms with Crippen LogP contribution in [0.5, 0.6) is 0 Å². The van der Waals surface area contributed by atoms with Crippen LogP contribution in [0.4, 0.5) is 0 Å². The summed E-state index contributed by atoms with van der Waals surface area (Å²) in [6, 6.07) is 13.6. The lowest BCUT2D eigenvalue weighted by Crippen LogP contribution is -2.27. The Morgan fingerprint density at radius 1 is 1.13 bits per heavy atom. The van der Waals surface area contributed by atoms with Gasteiger partial charge in [-0.05, 0) is 24.6 Å². The third kappa shape index (κ3) is 3.64. The Hall–Kier alpha value is -3.30. The van der Waals surface area contributed by atoms with E-state index in [-0.39, 0.29) is 30.2 Å². The molecule has 0 fully saturated rings. The highest BCUT2D eigenvalue weighted by molar-refractivity contribution is 7.88. The lowest BCUT2D eigenvalue weighted by Gasteiger charge is -2.16. The van der Waals surface area contributed by atoms with Gasteiger partial charge < -0.3 is 5.73 Å². The number of aromatic amines is 1. The smallest absolute Gasteiger partial charge is 0.249 e. The molecular weight excluding hydrogens is 404 g/mol. The van der Waals surface area contributed by atoms with Crippen molar-refractivity contribution in [3.63, 3.8) is 0 Å². The van der Waals surface area contributed by atoms with E-state index < -0.39 is 15.9 Å². The number of carbonyl (C=O) groups excluding carboxylic acids is 2. The standard InChI is InChI=1S/C21H20N4O4S/c1-13(26)15-7-8-16(21(22)27)17(9-15)20-18-10-25(11-19(18)23-24-20)30(28,29)12-14-5-3-2-4-6-14/h2-9H,10-12H2,1H3,(H2,22,27)(H,23,24). The molecule has 0 bridgehead atoms. The van der Waals surface area contributed by atoms with Gasteiger partial charge in [0, 0.05) is 28.8 Å². The normalized spacial score (nSPS) is 13.9. The van der Waals surface area contributed by atoms with Crippen LogP contribution in [0, 0.1) is 0 Å². The van der Waals surface area contributed by atoms with Crippen molar-refractivity contribution in [2.75, 3.05) is 0 Å². The molecule has 9 heteroatoms. The van der Waals surface area contributed by atoms with Gasteiger partial charge in [-0.15, -0.1) is 0 Å². The van der Waals surface area contributed by atoms with E-state index in [9.17, 15) is 18.0 Å². The molecule has 0 aliphatic carbocycles. The number of aromatic nitrogens is 2. The quantitative estimate of drug-likeness (QED) is 0.587. The van der Waals surface area contributed by atoms with E-state index in [1.165, 1.54) is 23.4 Å². The van der Waals surface area contributed by atoms with Crippen molar-refractivity contribution in [3.05, 3.63) is 76.5 Å². The zero-order chi connectivity index (χ0) is 21.5. The molecule has 0 saturated heterocycles. The van der Waals surface area contributed by atoms with E-state index in [1.807, 2.05) is 6.07 Å². The number of amides is 1. The summed E-state index contributed by atoms with van der Waals surface area (Å²) in [5.74, 6) is -0.914. The Bertz CT molecular complexity index is 1250. The molecule has 3 N–H and O–H groups in total. The van der Waals surface area contributed by atoms with Gasteiger partial charge in [0.2, 0.25) is 15.9 Å². The van der Waals surface area contributed by atoms with Gasteiger partial charge >= 0.3 is 0 Å². The Labute approximate surface area is 173 Å². The number of fused-ring (bicyclic) bond motifs is 1. The van der Waals surface area contributed by atoms with Crippen LogP contribution in [0.2, 0.25) is 0 Å². The highest BCUT2D eigenvalue weighted by Crippen LogP contribution is 2.34. The van der Waals surface area contributed by atoms with Crippen molar-refractivity contribution < 1.29 is 18.0 Å². The van der Waals surface area contributed by atoms with Crippen LogP contribution < -0.4 is 5.73 Å². The van der Waals surface area contributed by atoms with Crippen molar-refractivity contribution in [1.82, 2.24) is 14.5 Å². The Morgan fingerprint density at radius 3 is 2.53 bits per heavy atom. The summed E-state index contributed by atoms with van der Waals surface area (Å²) in [5, 5.41) is 7.16. The van der Waals surface area contributed by atoms with Crippen LogP contribution >= 0.6 is 0 Å². The number of Topliss-reactive ketones (excluding diaryl/α,β-unsaturated/α-hetero) is 1. The first-order chi connectivity index (χ1) is 14.3. The zero-order valence-electron chi connectivity index (χ0n) is 16.3.